The molecule has 0 aliphatic rings. The maximum Gasteiger partial charge on any atom is 0.329 e. The number of nitrogens with zero attached hydrogens (tertiary/aromatic N) is 2. The van der Waals surface area contributed by atoms with Crippen LogP contribution in [0.3, 0.4) is 0 Å². The van der Waals surface area contributed by atoms with Gasteiger partial charge < -0.3 is 4.74 Å². The molecule has 1 aromatic rings. The second-order valence-electron chi connectivity index (χ2n) is 4.99. The second kappa shape index (κ2) is 4.69. The van der Waals surface area contributed by atoms with E-state index in [9.17, 15) is 9.59 Å². The maximum absolute atomic E-state index is 11.8. The number of hydrogen-bond donors (Lipinski definition) is 0. The summed E-state index contributed by atoms with van der Waals surface area (Å²) in [4.78, 5) is 27.4. The molecule has 0 saturated heterocycles. The van der Waals surface area contributed by atoms with Gasteiger partial charge >= 0.3 is 5.97 Å². The Morgan fingerprint density at radius 2 is 2.06 bits per heavy atom. The number of carbonyl (C=O) groups excluding carboxylic acids is 1. The van der Waals surface area contributed by atoms with Crippen LogP contribution in [0.1, 0.15) is 39.4 Å². The van der Waals surface area contributed by atoms with Crippen molar-refractivity contribution in [3.63, 3.8) is 0 Å². The Balaban J connectivity index is 2.93. The zero-order valence-electron chi connectivity index (χ0n) is 10.9. The number of esters is 1. The van der Waals surface area contributed by atoms with Gasteiger partial charge in [0.15, 0.2) is 0 Å². The number of hydrogen-bond acceptors (Lipinski definition) is 4. The number of aromatic nitrogens is 2. The van der Waals surface area contributed by atoms with Gasteiger partial charge in [0.1, 0.15) is 11.6 Å². The Hall–Kier alpha value is -1.65. The summed E-state index contributed by atoms with van der Waals surface area (Å²) in [6.45, 7) is 8.70. The number of aryl methyl sites for hydroxylation is 1. The second-order valence-corrected chi connectivity index (χ2v) is 4.99. The van der Waals surface area contributed by atoms with Crippen LogP contribution < -0.4 is 5.56 Å². The molecule has 1 unspecified atom stereocenters. The van der Waals surface area contributed by atoms with Gasteiger partial charge in [0, 0.05) is 11.8 Å². The molecule has 1 rings (SSSR count). The van der Waals surface area contributed by atoms with E-state index in [1.807, 2.05) is 0 Å². The van der Waals surface area contributed by atoms with Gasteiger partial charge in [0.2, 0.25) is 0 Å². The standard InChI is InChI=1S/C12H18N2O3/c1-8-6-10(15)14(7-13-8)9(2)11(16)17-12(3,4)5/h6-7,9H,1-5H3. The third kappa shape index (κ3) is 3.69. The van der Waals surface area contributed by atoms with E-state index in [-0.39, 0.29) is 5.56 Å². The Morgan fingerprint density at radius 1 is 1.47 bits per heavy atom. The van der Waals surface area contributed by atoms with E-state index in [1.54, 1.807) is 34.6 Å². The minimum Gasteiger partial charge on any atom is -0.458 e. The summed E-state index contributed by atoms with van der Waals surface area (Å²) in [6.07, 6.45) is 1.37. The first-order chi connectivity index (χ1) is 7.70. The summed E-state index contributed by atoms with van der Waals surface area (Å²) in [6, 6.07) is 0.718. The molecule has 0 aliphatic carbocycles. The van der Waals surface area contributed by atoms with Crippen LogP contribution in [-0.4, -0.2) is 21.1 Å². The Bertz CT molecular complexity index is 471. The summed E-state index contributed by atoms with van der Waals surface area (Å²) < 4.78 is 6.48. The molecule has 17 heavy (non-hydrogen) atoms. The van der Waals surface area contributed by atoms with Crippen LogP contribution in [0.5, 0.6) is 0 Å². The van der Waals surface area contributed by atoms with E-state index in [4.69, 9.17) is 4.74 Å². The Kier molecular flexibility index (Phi) is 3.70. The van der Waals surface area contributed by atoms with Gasteiger partial charge in [-0.15, -0.1) is 0 Å². The van der Waals surface area contributed by atoms with Gasteiger partial charge in [0.25, 0.3) is 5.56 Å². The summed E-state index contributed by atoms with van der Waals surface area (Å²) in [5.74, 6) is -0.440. The van der Waals surface area contributed by atoms with E-state index in [0.29, 0.717) is 5.69 Å². The van der Waals surface area contributed by atoms with Gasteiger partial charge in [-0.25, -0.2) is 9.78 Å². The number of rotatable bonds is 2. The first kappa shape index (κ1) is 13.4. The molecule has 0 amide bonds. The van der Waals surface area contributed by atoms with Gasteiger partial charge in [-0.3, -0.25) is 9.36 Å². The van der Waals surface area contributed by atoms with Crippen molar-refractivity contribution in [3.8, 4) is 0 Å². The predicted octanol–water partition coefficient (Wildman–Crippen LogP) is 1.45. The van der Waals surface area contributed by atoms with Crippen molar-refractivity contribution in [2.45, 2.75) is 46.3 Å². The fourth-order valence-electron chi connectivity index (χ4n) is 1.29. The fraction of sp³-hybridized carbons (Fsp3) is 0.583. The summed E-state index contributed by atoms with van der Waals surface area (Å²) in [5.41, 5.74) is -0.189. The van der Waals surface area contributed by atoms with Gasteiger partial charge in [0.05, 0.1) is 6.33 Å². The molecule has 5 heteroatoms. The van der Waals surface area contributed by atoms with Crippen LogP contribution in [0, 0.1) is 6.92 Å². The normalized spacial score (nSPS) is 13.2. The van der Waals surface area contributed by atoms with E-state index in [1.165, 1.54) is 17.0 Å². The lowest BCUT2D eigenvalue weighted by Crippen LogP contribution is -2.33. The molecular formula is C12H18N2O3. The average Bonchev–Trinajstić information content (AvgIpc) is 2.14. The van der Waals surface area contributed by atoms with Crippen LogP contribution in [-0.2, 0) is 9.53 Å². The lowest BCUT2D eigenvalue weighted by atomic mass is 10.2. The molecule has 0 saturated carbocycles. The smallest absolute Gasteiger partial charge is 0.329 e. The summed E-state index contributed by atoms with van der Waals surface area (Å²) in [7, 11) is 0. The van der Waals surface area contributed by atoms with Crippen molar-refractivity contribution < 1.29 is 9.53 Å². The van der Waals surface area contributed by atoms with Crippen LogP contribution in [0.15, 0.2) is 17.2 Å². The largest absolute Gasteiger partial charge is 0.458 e. The number of ether oxygens (including phenoxy) is 1. The number of carbonyl (C=O) groups is 1. The quantitative estimate of drug-likeness (QED) is 0.732. The molecule has 0 N–H and O–H groups in total. The average molecular weight is 238 g/mol. The maximum atomic E-state index is 11.8. The van der Waals surface area contributed by atoms with Gasteiger partial charge in [-0.2, -0.15) is 0 Å². The molecule has 0 radical (unpaired) electrons. The predicted molar refractivity (Wildman–Crippen MR) is 63.8 cm³/mol. The molecule has 0 fully saturated rings. The lowest BCUT2D eigenvalue weighted by molar-refractivity contribution is -0.158. The van der Waals surface area contributed by atoms with Crippen molar-refractivity contribution in [1.82, 2.24) is 9.55 Å². The molecule has 0 aromatic carbocycles. The molecule has 5 nitrogen and oxygen atoms in total. The Morgan fingerprint density at radius 3 is 2.53 bits per heavy atom. The van der Waals surface area contributed by atoms with Crippen LogP contribution in [0.4, 0.5) is 0 Å². The third-order valence-corrected chi connectivity index (χ3v) is 2.14. The zero-order valence-corrected chi connectivity index (χ0v) is 10.9. The molecule has 0 aliphatic heterocycles. The first-order valence-corrected chi connectivity index (χ1v) is 5.48. The minimum atomic E-state index is -0.671. The molecule has 1 atom stereocenters. The lowest BCUT2D eigenvalue weighted by Gasteiger charge is -2.22. The monoisotopic (exact) mass is 238 g/mol. The molecule has 94 valence electrons. The van der Waals surface area contributed by atoms with E-state index in [2.05, 4.69) is 4.98 Å². The van der Waals surface area contributed by atoms with Crippen LogP contribution in [0.2, 0.25) is 0 Å². The fourth-order valence-corrected chi connectivity index (χ4v) is 1.29. The van der Waals surface area contributed by atoms with Crippen molar-refractivity contribution >= 4 is 5.97 Å². The minimum absolute atomic E-state index is 0.254. The summed E-state index contributed by atoms with van der Waals surface area (Å²) >= 11 is 0. The van der Waals surface area contributed by atoms with Gasteiger partial charge in [-0.05, 0) is 34.6 Å². The van der Waals surface area contributed by atoms with Gasteiger partial charge in [-0.1, -0.05) is 0 Å². The molecule has 0 spiro atoms. The highest BCUT2D eigenvalue weighted by atomic mass is 16.6. The highest BCUT2D eigenvalue weighted by molar-refractivity contribution is 5.74. The van der Waals surface area contributed by atoms with Crippen molar-refractivity contribution in [2.75, 3.05) is 0 Å². The van der Waals surface area contributed by atoms with E-state index >= 15 is 0 Å². The molecule has 1 aromatic heterocycles. The summed E-state index contributed by atoms with van der Waals surface area (Å²) in [5, 5.41) is 0. The zero-order chi connectivity index (χ0) is 13.2. The SMILES string of the molecule is Cc1cc(=O)n(C(C)C(=O)OC(C)(C)C)cn1. The highest BCUT2D eigenvalue weighted by Crippen LogP contribution is 2.13. The Labute approximate surface area is 100 Å². The van der Waals surface area contributed by atoms with E-state index in [0.717, 1.165) is 0 Å². The topological polar surface area (TPSA) is 61.2 Å². The first-order valence-electron chi connectivity index (χ1n) is 5.48. The third-order valence-electron chi connectivity index (χ3n) is 2.14. The van der Waals surface area contributed by atoms with E-state index < -0.39 is 17.6 Å². The highest BCUT2D eigenvalue weighted by Gasteiger charge is 2.23. The molecular weight excluding hydrogens is 220 g/mol. The van der Waals surface area contributed by atoms with Crippen LogP contribution in [0.25, 0.3) is 0 Å². The van der Waals surface area contributed by atoms with Crippen molar-refractivity contribution in [2.24, 2.45) is 0 Å². The van der Waals surface area contributed by atoms with Crippen LogP contribution >= 0.6 is 0 Å². The van der Waals surface area contributed by atoms with Crippen molar-refractivity contribution in [3.05, 3.63) is 28.4 Å². The van der Waals surface area contributed by atoms with Crippen molar-refractivity contribution in [1.29, 1.82) is 0 Å². The molecule has 0 bridgehead atoms. The molecule has 1 heterocycles.